The molecule has 0 fully saturated rings. The number of rotatable bonds is 6. The summed E-state index contributed by atoms with van der Waals surface area (Å²) in [4.78, 5) is 8.34. The maximum atomic E-state index is 4.70. The lowest BCUT2D eigenvalue weighted by molar-refractivity contribution is 0.505. The van der Waals surface area contributed by atoms with Gasteiger partial charge in [0.25, 0.3) is 0 Å². The van der Waals surface area contributed by atoms with Gasteiger partial charge in [-0.2, -0.15) is 0 Å². The molecule has 18 heavy (non-hydrogen) atoms. The molecule has 0 saturated heterocycles. The van der Waals surface area contributed by atoms with Crippen LogP contribution in [0.25, 0.3) is 0 Å². The van der Waals surface area contributed by atoms with Crippen molar-refractivity contribution in [3.05, 3.63) is 10.6 Å². The Labute approximate surface area is 116 Å². The number of nitrogens with zero attached hydrogens (tertiary/aromatic N) is 2. The van der Waals surface area contributed by atoms with Gasteiger partial charge in [0.1, 0.15) is 0 Å². The highest BCUT2D eigenvalue weighted by Gasteiger charge is 2.18. The number of hydrogen-bond donors (Lipinski definition) is 1. The molecular formula is C14H27N3S. The van der Waals surface area contributed by atoms with E-state index in [-0.39, 0.29) is 0 Å². The summed E-state index contributed by atoms with van der Waals surface area (Å²) in [6.07, 6.45) is 0. The normalized spacial score (nSPS) is 13.4. The molecule has 104 valence electrons. The van der Waals surface area contributed by atoms with E-state index in [9.17, 15) is 0 Å². The van der Waals surface area contributed by atoms with Gasteiger partial charge < -0.3 is 10.2 Å². The van der Waals surface area contributed by atoms with Crippen molar-refractivity contribution in [2.75, 3.05) is 11.9 Å². The second-order valence-corrected chi connectivity index (χ2v) is 6.70. The topological polar surface area (TPSA) is 28.2 Å². The molecule has 0 aliphatic rings. The lowest BCUT2D eigenvalue weighted by atomic mass is 10.1. The van der Waals surface area contributed by atoms with Crippen molar-refractivity contribution in [1.29, 1.82) is 0 Å². The predicted molar refractivity (Wildman–Crippen MR) is 81.5 cm³/mol. The molecule has 1 unspecified atom stereocenters. The fourth-order valence-corrected chi connectivity index (χ4v) is 2.71. The molecule has 0 aliphatic carbocycles. The maximum absolute atomic E-state index is 4.70. The average molecular weight is 269 g/mol. The molecule has 0 spiro atoms. The Morgan fingerprint density at radius 3 is 2.33 bits per heavy atom. The van der Waals surface area contributed by atoms with Crippen LogP contribution in [0.5, 0.6) is 0 Å². The Morgan fingerprint density at radius 2 is 1.83 bits per heavy atom. The number of hydrogen-bond acceptors (Lipinski definition) is 4. The van der Waals surface area contributed by atoms with Crippen LogP contribution in [0, 0.1) is 12.8 Å². The van der Waals surface area contributed by atoms with Gasteiger partial charge in [-0.3, -0.25) is 0 Å². The van der Waals surface area contributed by atoms with Crippen molar-refractivity contribution in [3.8, 4) is 0 Å². The van der Waals surface area contributed by atoms with E-state index >= 15 is 0 Å². The fourth-order valence-electron chi connectivity index (χ4n) is 1.65. The molecule has 1 aromatic heterocycles. The number of anilines is 1. The summed E-state index contributed by atoms with van der Waals surface area (Å²) in [6.45, 7) is 14.1. The summed E-state index contributed by atoms with van der Waals surface area (Å²) < 4.78 is 0. The highest BCUT2D eigenvalue weighted by Crippen LogP contribution is 2.27. The molecule has 1 aromatic rings. The van der Waals surface area contributed by atoms with Gasteiger partial charge in [0.15, 0.2) is 5.13 Å². The van der Waals surface area contributed by atoms with Gasteiger partial charge in [-0.1, -0.05) is 27.7 Å². The van der Waals surface area contributed by atoms with E-state index in [1.807, 2.05) is 11.3 Å². The summed E-state index contributed by atoms with van der Waals surface area (Å²) in [5, 5.41) is 4.59. The average Bonchev–Trinajstić information content (AvgIpc) is 2.66. The van der Waals surface area contributed by atoms with Crippen molar-refractivity contribution in [3.63, 3.8) is 0 Å². The van der Waals surface area contributed by atoms with Crippen molar-refractivity contribution in [1.82, 2.24) is 10.3 Å². The molecule has 0 aromatic carbocycles. The van der Waals surface area contributed by atoms with Crippen molar-refractivity contribution >= 4 is 16.5 Å². The zero-order valence-corrected chi connectivity index (χ0v) is 13.6. The van der Waals surface area contributed by atoms with Gasteiger partial charge in [-0.25, -0.2) is 4.98 Å². The van der Waals surface area contributed by atoms with Crippen LogP contribution in [0.3, 0.4) is 0 Å². The third-order valence-corrected chi connectivity index (χ3v) is 4.68. The Hall–Kier alpha value is -0.610. The largest absolute Gasteiger partial charge is 0.348 e. The zero-order valence-electron chi connectivity index (χ0n) is 12.7. The van der Waals surface area contributed by atoms with Crippen LogP contribution >= 0.6 is 11.3 Å². The number of aromatic nitrogens is 1. The Morgan fingerprint density at radius 1 is 1.22 bits per heavy atom. The Bertz CT molecular complexity index is 371. The minimum atomic E-state index is 0.515. The fraction of sp³-hybridized carbons (Fsp3) is 0.786. The van der Waals surface area contributed by atoms with E-state index < -0.39 is 0 Å². The highest BCUT2D eigenvalue weighted by atomic mass is 32.1. The molecule has 3 nitrogen and oxygen atoms in total. The molecular weight excluding hydrogens is 242 g/mol. The van der Waals surface area contributed by atoms with E-state index in [0.717, 1.165) is 17.4 Å². The van der Waals surface area contributed by atoms with Crippen LogP contribution in [-0.4, -0.2) is 24.1 Å². The van der Waals surface area contributed by atoms with Gasteiger partial charge in [0.05, 0.1) is 5.69 Å². The second kappa shape index (κ2) is 6.53. The highest BCUT2D eigenvalue weighted by molar-refractivity contribution is 7.15. The van der Waals surface area contributed by atoms with E-state index in [1.54, 1.807) is 0 Å². The smallest absolute Gasteiger partial charge is 0.185 e. The van der Waals surface area contributed by atoms with Gasteiger partial charge in [0.2, 0.25) is 0 Å². The van der Waals surface area contributed by atoms with E-state index in [1.165, 1.54) is 4.88 Å². The third-order valence-electron chi connectivity index (χ3n) is 3.43. The van der Waals surface area contributed by atoms with E-state index in [4.69, 9.17) is 4.98 Å². The summed E-state index contributed by atoms with van der Waals surface area (Å²) in [5.41, 5.74) is 1.16. The first-order chi connectivity index (χ1) is 8.32. The van der Waals surface area contributed by atoms with Gasteiger partial charge in [-0.15, -0.1) is 11.3 Å². The monoisotopic (exact) mass is 269 g/mol. The third kappa shape index (κ3) is 3.95. The number of thiazole rings is 1. The first-order valence-electron chi connectivity index (χ1n) is 6.75. The van der Waals surface area contributed by atoms with Gasteiger partial charge >= 0.3 is 0 Å². The van der Waals surface area contributed by atoms with E-state index in [2.05, 4.69) is 58.8 Å². The van der Waals surface area contributed by atoms with Gasteiger partial charge in [-0.05, 0) is 19.8 Å². The van der Waals surface area contributed by atoms with Crippen molar-refractivity contribution in [2.24, 2.45) is 5.92 Å². The lowest BCUT2D eigenvalue weighted by Gasteiger charge is -2.27. The lowest BCUT2D eigenvalue weighted by Crippen LogP contribution is -2.32. The van der Waals surface area contributed by atoms with Crippen LogP contribution in [0.4, 0.5) is 5.13 Å². The predicted octanol–water partition coefficient (Wildman–Crippen LogP) is 3.43. The zero-order chi connectivity index (χ0) is 13.9. The van der Waals surface area contributed by atoms with Crippen LogP contribution in [0.1, 0.15) is 45.2 Å². The molecule has 1 N–H and O–H groups in total. The SMILES string of the molecule is Cc1nc(N(C)C(C)C(C)C)sc1CNC(C)C. The molecule has 0 bridgehead atoms. The molecule has 0 saturated carbocycles. The Balaban J connectivity index is 2.76. The summed E-state index contributed by atoms with van der Waals surface area (Å²) in [7, 11) is 2.14. The van der Waals surface area contributed by atoms with Crippen LogP contribution in [0.2, 0.25) is 0 Å². The van der Waals surface area contributed by atoms with Gasteiger partial charge in [0, 0.05) is 30.6 Å². The minimum Gasteiger partial charge on any atom is -0.348 e. The van der Waals surface area contributed by atoms with Crippen LogP contribution in [-0.2, 0) is 6.54 Å². The first kappa shape index (κ1) is 15.4. The van der Waals surface area contributed by atoms with E-state index in [0.29, 0.717) is 18.0 Å². The molecule has 1 heterocycles. The molecule has 0 aliphatic heterocycles. The second-order valence-electron chi connectivity index (χ2n) is 5.64. The Kier molecular flexibility index (Phi) is 5.60. The summed E-state index contributed by atoms with van der Waals surface area (Å²) >= 11 is 1.81. The number of nitrogens with one attached hydrogen (secondary N) is 1. The maximum Gasteiger partial charge on any atom is 0.185 e. The first-order valence-corrected chi connectivity index (χ1v) is 7.57. The van der Waals surface area contributed by atoms with Crippen LogP contribution in [0.15, 0.2) is 0 Å². The molecule has 1 rings (SSSR count). The summed E-state index contributed by atoms with van der Waals surface area (Å²) in [5.74, 6) is 0.636. The molecule has 0 radical (unpaired) electrons. The molecule has 1 atom stereocenters. The summed E-state index contributed by atoms with van der Waals surface area (Å²) in [6, 6.07) is 1.03. The number of aryl methyl sites for hydroxylation is 1. The van der Waals surface area contributed by atoms with Crippen LogP contribution < -0.4 is 10.2 Å². The van der Waals surface area contributed by atoms with Crippen molar-refractivity contribution in [2.45, 2.75) is 60.2 Å². The molecule has 4 heteroatoms. The van der Waals surface area contributed by atoms with Crippen molar-refractivity contribution < 1.29 is 0 Å². The quantitative estimate of drug-likeness (QED) is 0.857. The molecule has 0 amide bonds. The standard InChI is InChI=1S/C14H27N3S/c1-9(2)12(6)17(7)14-16-11(5)13(18-14)8-15-10(3)4/h9-10,12,15H,8H2,1-7H3. The minimum absolute atomic E-state index is 0.515.